The summed E-state index contributed by atoms with van der Waals surface area (Å²) in [6.07, 6.45) is 0.633. The molecule has 0 aliphatic heterocycles. The zero-order chi connectivity index (χ0) is 13.5. The number of halogens is 2. The van der Waals surface area contributed by atoms with Crippen molar-refractivity contribution in [1.82, 2.24) is 5.32 Å². The number of carbonyl (C=O) groups excluding carboxylic acids is 1. The van der Waals surface area contributed by atoms with E-state index in [4.69, 9.17) is 16.3 Å². The van der Waals surface area contributed by atoms with Gasteiger partial charge in [-0.15, -0.1) is 0 Å². The third-order valence-corrected chi connectivity index (χ3v) is 2.81. The van der Waals surface area contributed by atoms with Gasteiger partial charge < -0.3 is 10.1 Å². The van der Waals surface area contributed by atoms with Gasteiger partial charge >= 0.3 is 5.97 Å². The summed E-state index contributed by atoms with van der Waals surface area (Å²) in [6.45, 7) is 4.47. The zero-order valence-electron chi connectivity index (χ0n) is 10.5. The minimum absolute atomic E-state index is 0.0819. The van der Waals surface area contributed by atoms with Crippen LogP contribution in [0.5, 0.6) is 0 Å². The summed E-state index contributed by atoms with van der Waals surface area (Å²) in [4.78, 5) is 11.5. The minimum Gasteiger partial charge on any atom is -0.465 e. The summed E-state index contributed by atoms with van der Waals surface area (Å²) in [5.41, 5.74) is 0.823. The van der Waals surface area contributed by atoms with Crippen molar-refractivity contribution in [2.75, 3.05) is 6.61 Å². The van der Waals surface area contributed by atoms with Crippen LogP contribution in [0.1, 0.15) is 25.8 Å². The lowest BCUT2D eigenvalue weighted by molar-refractivity contribution is -0.145. The largest absolute Gasteiger partial charge is 0.465 e. The zero-order valence-corrected chi connectivity index (χ0v) is 11.3. The quantitative estimate of drug-likeness (QED) is 0.810. The van der Waals surface area contributed by atoms with Gasteiger partial charge in [0, 0.05) is 6.54 Å². The first-order chi connectivity index (χ1) is 8.58. The Morgan fingerprint density at radius 2 is 2.22 bits per heavy atom. The second-order valence-electron chi connectivity index (χ2n) is 3.84. The van der Waals surface area contributed by atoms with E-state index in [1.54, 1.807) is 19.1 Å². The Morgan fingerprint density at radius 3 is 2.78 bits per heavy atom. The summed E-state index contributed by atoms with van der Waals surface area (Å²) in [6, 6.07) is 4.13. The summed E-state index contributed by atoms with van der Waals surface area (Å²) >= 11 is 5.68. The van der Waals surface area contributed by atoms with E-state index in [0.717, 1.165) is 5.56 Å². The number of carbonyl (C=O) groups is 1. The molecule has 100 valence electrons. The number of ether oxygens (including phenoxy) is 1. The second kappa shape index (κ2) is 7.34. The smallest absolute Gasteiger partial charge is 0.323 e. The van der Waals surface area contributed by atoms with E-state index in [0.29, 0.717) is 19.6 Å². The Kier molecular flexibility index (Phi) is 6.09. The van der Waals surface area contributed by atoms with Crippen LogP contribution >= 0.6 is 11.6 Å². The molecular weight excluding hydrogens is 257 g/mol. The predicted molar refractivity (Wildman–Crippen MR) is 69.0 cm³/mol. The van der Waals surface area contributed by atoms with Gasteiger partial charge in [-0.3, -0.25) is 4.79 Å². The van der Waals surface area contributed by atoms with Crippen LogP contribution in [0.2, 0.25) is 5.02 Å². The fourth-order valence-electron chi connectivity index (χ4n) is 1.53. The molecule has 5 heteroatoms. The molecule has 0 aliphatic rings. The summed E-state index contributed by atoms with van der Waals surface area (Å²) in [5, 5.41) is 3.14. The average Bonchev–Trinajstić information content (AvgIpc) is 2.34. The van der Waals surface area contributed by atoms with Gasteiger partial charge in [0.2, 0.25) is 0 Å². The molecule has 0 heterocycles. The van der Waals surface area contributed by atoms with Crippen LogP contribution in [-0.4, -0.2) is 18.6 Å². The standard InChI is InChI=1S/C13H17ClFNO2/c1-3-12(13(17)18-4-2)16-8-9-5-6-11(15)10(14)7-9/h5-7,12,16H,3-4,8H2,1-2H3. The predicted octanol–water partition coefficient (Wildman–Crippen LogP) is 2.91. The maximum atomic E-state index is 13.0. The van der Waals surface area contributed by atoms with Gasteiger partial charge in [0.1, 0.15) is 11.9 Å². The molecule has 3 nitrogen and oxygen atoms in total. The molecule has 1 N–H and O–H groups in total. The van der Waals surface area contributed by atoms with Crippen LogP contribution in [-0.2, 0) is 16.1 Å². The van der Waals surface area contributed by atoms with Crippen molar-refractivity contribution in [3.8, 4) is 0 Å². The molecular formula is C13H17ClFNO2. The second-order valence-corrected chi connectivity index (χ2v) is 4.25. The lowest BCUT2D eigenvalue weighted by Crippen LogP contribution is -2.37. The van der Waals surface area contributed by atoms with Crippen molar-refractivity contribution in [3.05, 3.63) is 34.6 Å². The lowest BCUT2D eigenvalue weighted by atomic mass is 10.2. The number of esters is 1. The van der Waals surface area contributed by atoms with E-state index in [-0.39, 0.29) is 17.0 Å². The van der Waals surface area contributed by atoms with Crippen molar-refractivity contribution in [2.24, 2.45) is 0 Å². The molecule has 0 aromatic heterocycles. The Hall–Kier alpha value is -1.13. The molecule has 0 radical (unpaired) electrons. The Balaban J connectivity index is 2.56. The van der Waals surface area contributed by atoms with Crippen LogP contribution in [0, 0.1) is 5.82 Å². The van der Waals surface area contributed by atoms with Gasteiger partial charge in [0.05, 0.1) is 11.6 Å². The number of nitrogens with one attached hydrogen (secondary N) is 1. The number of rotatable bonds is 6. The van der Waals surface area contributed by atoms with Crippen LogP contribution < -0.4 is 5.32 Å². The topological polar surface area (TPSA) is 38.3 Å². The molecule has 1 aromatic rings. The summed E-state index contributed by atoms with van der Waals surface area (Å²) in [7, 11) is 0. The van der Waals surface area contributed by atoms with Gasteiger partial charge in [-0.05, 0) is 31.0 Å². The van der Waals surface area contributed by atoms with Gasteiger partial charge in [0.15, 0.2) is 0 Å². The van der Waals surface area contributed by atoms with E-state index >= 15 is 0 Å². The molecule has 0 fully saturated rings. The molecule has 0 aliphatic carbocycles. The minimum atomic E-state index is -0.446. The highest BCUT2D eigenvalue weighted by atomic mass is 35.5. The highest BCUT2D eigenvalue weighted by Crippen LogP contribution is 2.16. The fourth-order valence-corrected chi connectivity index (χ4v) is 1.73. The van der Waals surface area contributed by atoms with Gasteiger partial charge in [-0.2, -0.15) is 0 Å². The third-order valence-electron chi connectivity index (χ3n) is 2.52. The molecule has 1 aromatic carbocycles. The van der Waals surface area contributed by atoms with E-state index in [2.05, 4.69) is 5.32 Å². The van der Waals surface area contributed by atoms with Crippen molar-refractivity contribution < 1.29 is 13.9 Å². The highest BCUT2D eigenvalue weighted by Gasteiger charge is 2.16. The maximum Gasteiger partial charge on any atom is 0.323 e. The SMILES string of the molecule is CCOC(=O)C(CC)NCc1ccc(F)c(Cl)c1. The first-order valence-corrected chi connectivity index (χ1v) is 6.30. The van der Waals surface area contributed by atoms with Crippen LogP contribution in [0.25, 0.3) is 0 Å². The molecule has 18 heavy (non-hydrogen) atoms. The highest BCUT2D eigenvalue weighted by molar-refractivity contribution is 6.30. The number of hydrogen-bond donors (Lipinski definition) is 1. The van der Waals surface area contributed by atoms with Crippen LogP contribution in [0.15, 0.2) is 18.2 Å². The normalized spacial score (nSPS) is 12.2. The van der Waals surface area contributed by atoms with E-state index in [9.17, 15) is 9.18 Å². The number of benzene rings is 1. The van der Waals surface area contributed by atoms with Gasteiger partial charge in [-0.25, -0.2) is 4.39 Å². The van der Waals surface area contributed by atoms with Crippen LogP contribution in [0.4, 0.5) is 4.39 Å². The monoisotopic (exact) mass is 273 g/mol. The molecule has 1 unspecified atom stereocenters. The Morgan fingerprint density at radius 1 is 1.50 bits per heavy atom. The van der Waals surface area contributed by atoms with Crippen molar-refractivity contribution >= 4 is 17.6 Å². The Labute approximate surface area is 111 Å². The van der Waals surface area contributed by atoms with Crippen LogP contribution in [0.3, 0.4) is 0 Å². The van der Waals surface area contributed by atoms with Gasteiger partial charge in [0.25, 0.3) is 0 Å². The molecule has 0 spiro atoms. The molecule has 1 atom stereocenters. The fraction of sp³-hybridized carbons (Fsp3) is 0.462. The molecule has 0 amide bonds. The lowest BCUT2D eigenvalue weighted by Gasteiger charge is -2.15. The average molecular weight is 274 g/mol. The molecule has 0 saturated carbocycles. The van der Waals surface area contributed by atoms with Crippen molar-refractivity contribution in [1.29, 1.82) is 0 Å². The van der Waals surface area contributed by atoms with E-state index in [1.165, 1.54) is 6.07 Å². The summed E-state index contributed by atoms with van der Waals surface area (Å²) < 4.78 is 17.9. The first-order valence-electron chi connectivity index (χ1n) is 5.92. The molecule has 0 saturated heterocycles. The van der Waals surface area contributed by atoms with Gasteiger partial charge in [-0.1, -0.05) is 24.6 Å². The molecule has 1 rings (SSSR count). The first kappa shape index (κ1) is 14.9. The third kappa shape index (κ3) is 4.27. The van der Waals surface area contributed by atoms with E-state index < -0.39 is 5.82 Å². The summed E-state index contributed by atoms with van der Waals surface area (Å²) in [5.74, 6) is -0.717. The maximum absolute atomic E-state index is 13.0. The van der Waals surface area contributed by atoms with Crippen molar-refractivity contribution in [2.45, 2.75) is 32.9 Å². The van der Waals surface area contributed by atoms with Crippen molar-refractivity contribution in [3.63, 3.8) is 0 Å². The molecule has 0 bridgehead atoms. The van der Waals surface area contributed by atoms with E-state index in [1.807, 2.05) is 6.92 Å². The number of hydrogen-bond acceptors (Lipinski definition) is 3. The Bertz CT molecular complexity index is 412.